The summed E-state index contributed by atoms with van der Waals surface area (Å²) in [6, 6.07) is 9.56. The fourth-order valence-electron chi connectivity index (χ4n) is 3.02. The number of carbonyl (C=O) groups is 1. The molecule has 1 saturated heterocycles. The second kappa shape index (κ2) is 7.00. The molecule has 1 aliphatic heterocycles. The lowest BCUT2D eigenvalue weighted by Crippen LogP contribution is -2.35. The number of carbonyl (C=O) groups excluding carboxylic acids is 1. The standard InChI is InChI=1S/C17H20N4O2S/c1-3-23-14(22)11-21-16(13-8-6-10-20(13)2)15(19-17(21)24)12-7-4-5-9-18-12/h4-10,15-16H,3,11H2,1-2H3,(H,19,24)/t15-,16+/m0/s1. The molecule has 3 rings (SSSR count). The van der Waals surface area contributed by atoms with Crippen molar-refractivity contribution in [3.8, 4) is 0 Å². The molecule has 2 atom stereocenters. The number of nitrogens with one attached hydrogen (secondary N) is 1. The first-order valence-corrected chi connectivity index (χ1v) is 8.27. The van der Waals surface area contributed by atoms with Gasteiger partial charge in [0.25, 0.3) is 0 Å². The summed E-state index contributed by atoms with van der Waals surface area (Å²) < 4.78 is 7.13. The quantitative estimate of drug-likeness (QED) is 0.661. The number of aryl methyl sites for hydroxylation is 1. The maximum Gasteiger partial charge on any atom is 0.325 e. The molecule has 1 N–H and O–H groups in total. The fraction of sp³-hybridized carbons (Fsp3) is 0.353. The van der Waals surface area contributed by atoms with Crippen molar-refractivity contribution in [3.63, 3.8) is 0 Å². The molecule has 0 bridgehead atoms. The monoisotopic (exact) mass is 344 g/mol. The third kappa shape index (κ3) is 3.12. The smallest absolute Gasteiger partial charge is 0.325 e. The Labute approximate surface area is 146 Å². The van der Waals surface area contributed by atoms with Crippen molar-refractivity contribution in [2.45, 2.75) is 19.0 Å². The molecule has 126 valence electrons. The number of esters is 1. The molecule has 3 heterocycles. The predicted octanol–water partition coefficient (Wildman–Crippen LogP) is 1.96. The SMILES string of the molecule is CCOC(=O)CN1C(=S)N[C@@H](c2ccccn2)[C@H]1c1cccn1C. The van der Waals surface area contributed by atoms with E-state index in [1.54, 1.807) is 13.1 Å². The number of nitrogens with zero attached hydrogens (tertiary/aromatic N) is 3. The van der Waals surface area contributed by atoms with Crippen LogP contribution < -0.4 is 5.32 Å². The zero-order valence-corrected chi connectivity index (χ0v) is 14.5. The van der Waals surface area contributed by atoms with Crippen molar-refractivity contribution in [3.05, 3.63) is 54.1 Å². The first kappa shape index (κ1) is 16.4. The summed E-state index contributed by atoms with van der Waals surface area (Å²) in [7, 11) is 1.98. The van der Waals surface area contributed by atoms with E-state index in [2.05, 4.69) is 10.3 Å². The molecule has 24 heavy (non-hydrogen) atoms. The van der Waals surface area contributed by atoms with Gasteiger partial charge in [-0.25, -0.2) is 0 Å². The van der Waals surface area contributed by atoms with Crippen LogP contribution in [0, 0.1) is 0 Å². The van der Waals surface area contributed by atoms with Crippen LogP contribution in [0.25, 0.3) is 0 Å². The number of hydrogen-bond acceptors (Lipinski definition) is 4. The van der Waals surface area contributed by atoms with Crippen LogP contribution in [0.3, 0.4) is 0 Å². The van der Waals surface area contributed by atoms with E-state index in [-0.39, 0.29) is 24.6 Å². The number of rotatable bonds is 5. The molecule has 0 unspecified atom stereocenters. The van der Waals surface area contributed by atoms with Gasteiger partial charge in [-0.05, 0) is 43.4 Å². The minimum Gasteiger partial charge on any atom is -0.465 e. The van der Waals surface area contributed by atoms with Crippen molar-refractivity contribution in [1.82, 2.24) is 19.8 Å². The summed E-state index contributed by atoms with van der Waals surface area (Å²) >= 11 is 5.48. The highest BCUT2D eigenvalue weighted by Gasteiger charge is 2.41. The van der Waals surface area contributed by atoms with Crippen molar-refractivity contribution in [1.29, 1.82) is 0 Å². The zero-order chi connectivity index (χ0) is 17.1. The third-order valence-electron chi connectivity index (χ3n) is 4.09. The van der Waals surface area contributed by atoms with Crippen LogP contribution in [0.15, 0.2) is 42.7 Å². The van der Waals surface area contributed by atoms with Crippen molar-refractivity contribution < 1.29 is 9.53 Å². The molecule has 2 aromatic rings. The molecule has 2 aromatic heterocycles. The first-order chi connectivity index (χ1) is 11.6. The summed E-state index contributed by atoms with van der Waals surface area (Å²) in [5.74, 6) is -0.289. The summed E-state index contributed by atoms with van der Waals surface area (Å²) in [5.41, 5.74) is 1.94. The molecule has 1 fully saturated rings. The fourth-order valence-corrected chi connectivity index (χ4v) is 3.33. The van der Waals surface area contributed by atoms with Gasteiger partial charge in [-0.15, -0.1) is 0 Å². The van der Waals surface area contributed by atoms with Crippen molar-refractivity contribution in [2.24, 2.45) is 7.05 Å². The number of hydrogen-bond donors (Lipinski definition) is 1. The lowest BCUT2D eigenvalue weighted by molar-refractivity contribution is -0.143. The topological polar surface area (TPSA) is 59.4 Å². The Kier molecular flexibility index (Phi) is 4.80. The summed E-state index contributed by atoms with van der Waals surface area (Å²) in [4.78, 5) is 18.4. The van der Waals surface area contributed by atoms with Crippen LogP contribution in [-0.4, -0.2) is 38.7 Å². The van der Waals surface area contributed by atoms with Crippen LogP contribution in [-0.2, 0) is 16.6 Å². The van der Waals surface area contributed by atoms with Crippen LogP contribution >= 0.6 is 12.2 Å². The maximum absolute atomic E-state index is 12.0. The summed E-state index contributed by atoms with van der Waals surface area (Å²) in [5, 5.41) is 3.84. The number of pyridine rings is 1. The van der Waals surface area contributed by atoms with E-state index >= 15 is 0 Å². The molecular formula is C17H20N4O2S. The largest absolute Gasteiger partial charge is 0.465 e. The Morgan fingerprint density at radius 2 is 2.21 bits per heavy atom. The van der Waals surface area contributed by atoms with Gasteiger partial charge in [0.1, 0.15) is 6.54 Å². The van der Waals surface area contributed by atoms with Gasteiger partial charge < -0.3 is 19.5 Å². The number of ether oxygens (including phenoxy) is 1. The zero-order valence-electron chi connectivity index (χ0n) is 13.7. The van der Waals surface area contributed by atoms with Crippen LogP contribution in [0.4, 0.5) is 0 Å². The molecule has 0 spiro atoms. The van der Waals surface area contributed by atoms with Crippen LogP contribution in [0.1, 0.15) is 30.4 Å². The van der Waals surface area contributed by atoms with Crippen molar-refractivity contribution >= 4 is 23.3 Å². The molecule has 6 nitrogen and oxygen atoms in total. The predicted molar refractivity (Wildman–Crippen MR) is 94.2 cm³/mol. The van der Waals surface area contributed by atoms with Gasteiger partial charge in [0.05, 0.1) is 24.4 Å². The average molecular weight is 344 g/mol. The lowest BCUT2D eigenvalue weighted by Gasteiger charge is -2.27. The highest BCUT2D eigenvalue weighted by Crippen LogP contribution is 2.38. The minimum atomic E-state index is -0.289. The average Bonchev–Trinajstić information content (AvgIpc) is 3.12. The van der Waals surface area contributed by atoms with Gasteiger partial charge in [0, 0.05) is 25.1 Å². The lowest BCUT2D eigenvalue weighted by atomic mass is 10.0. The Balaban J connectivity index is 1.97. The third-order valence-corrected chi connectivity index (χ3v) is 4.44. The molecule has 0 radical (unpaired) electrons. The first-order valence-electron chi connectivity index (χ1n) is 7.86. The highest BCUT2D eigenvalue weighted by molar-refractivity contribution is 7.80. The van der Waals surface area contributed by atoms with Gasteiger partial charge in [-0.2, -0.15) is 0 Å². The van der Waals surface area contributed by atoms with Gasteiger partial charge in [-0.1, -0.05) is 6.07 Å². The molecule has 0 amide bonds. The van der Waals surface area contributed by atoms with E-state index in [0.29, 0.717) is 11.7 Å². The maximum atomic E-state index is 12.0. The van der Waals surface area contributed by atoms with E-state index in [9.17, 15) is 4.79 Å². The Hall–Kier alpha value is -2.41. The molecule has 0 saturated carbocycles. The van der Waals surface area contributed by atoms with Crippen LogP contribution in [0.5, 0.6) is 0 Å². The van der Waals surface area contributed by atoms with E-state index in [4.69, 9.17) is 17.0 Å². The van der Waals surface area contributed by atoms with Gasteiger partial charge in [-0.3, -0.25) is 9.78 Å². The second-order valence-electron chi connectivity index (χ2n) is 5.60. The van der Waals surface area contributed by atoms with E-state index in [1.807, 2.05) is 53.0 Å². The van der Waals surface area contributed by atoms with Crippen molar-refractivity contribution in [2.75, 3.05) is 13.2 Å². The number of thiocarbonyl (C=S) groups is 1. The molecular weight excluding hydrogens is 324 g/mol. The van der Waals surface area contributed by atoms with Gasteiger partial charge >= 0.3 is 5.97 Å². The Morgan fingerprint density at radius 1 is 1.38 bits per heavy atom. The molecule has 1 aliphatic rings. The summed E-state index contributed by atoms with van der Waals surface area (Å²) in [6.45, 7) is 2.26. The van der Waals surface area contributed by atoms with Gasteiger partial charge in [0.2, 0.25) is 0 Å². The molecule has 7 heteroatoms. The van der Waals surface area contributed by atoms with E-state index < -0.39 is 0 Å². The molecule has 0 aliphatic carbocycles. The Morgan fingerprint density at radius 3 is 2.83 bits per heavy atom. The van der Waals surface area contributed by atoms with E-state index in [1.165, 1.54) is 0 Å². The Bertz CT molecular complexity index is 731. The second-order valence-corrected chi connectivity index (χ2v) is 5.99. The number of aromatic nitrogens is 2. The normalized spacial score (nSPS) is 20.1. The van der Waals surface area contributed by atoms with Gasteiger partial charge in [0.15, 0.2) is 5.11 Å². The summed E-state index contributed by atoms with van der Waals surface area (Å²) in [6.07, 6.45) is 3.74. The minimum absolute atomic E-state index is 0.110. The molecule has 0 aromatic carbocycles. The van der Waals surface area contributed by atoms with Crippen LogP contribution in [0.2, 0.25) is 0 Å². The van der Waals surface area contributed by atoms with E-state index in [0.717, 1.165) is 11.4 Å². The highest BCUT2D eigenvalue weighted by atomic mass is 32.1.